The van der Waals surface area contributed by atoms with Gasteiger partial charge in [0.2, 0.25) is 5.91 Å². The first kappa shape index (κ1) is 14.8. The fourth-order valence-corrected chi connectivity index (χ4v) is 3.38. The lowest BCUT2D eigenvalue weighted by Crippen LogP contribution is -2.48. The number of carbonyl (C=O) groups excluding carboxylic acids is 1. The van der Waals surface area contributed by atoms with E-state index >= 15 is 0 Å². The molecule has 6 heteroatoms. The minimum absolute atomic E-state index is 0.210. The summed E-state index contributed by atoms with van der Waals surface area (Å²) in [6.07, 6.45) is 3.05. The van der Waals surface area contributed by atoms with Crippen LogP contribution in [0.4, 0.5) is 10.8 Å². The number of aromatic nitrogens is 1. The van der Waals surface area contributed by atoms with E-state index in [-0.39, 0.29) is 5.91 Å². The van der Waals surface area contributed by atoms with E-state index in [4.69, 9.17) is 5.73 Å². The maximum atomic E-state index is 12.3. The third kappa shape index (κ3) is 3.39. The lowest BCUT2D eigenvalue weighted by molar-refractivity contribution is -0.131. The fraction of sp³-hybridized carbons (Fsp3) is 0.375. The van der Waals surface area contributed by atoms with E-state index < -0.39 is 0 Å². The van der Waals surface area contributed by atoms with Crippen molar-refractivity contribution < 1.29 is 4.79 Å². The normalized spacial score (nSPS) is 15.1. The van der Waals surface area contributed by atoms with E-state index in [9.17, 15) is 4.79 Å². The molecular weight excluding hydrogens is 296 g/mol. The van der Waals surface area contributed by atoms with Crippen molar-refractivity contribution in [3.8, 4) is 0 Å². The van der Waals surface area contributed by atoms with E-state index in [0.29, 0.717) is 12.8 Å². The van der Waals surface area contributed by atoms with Crippen molar-refractivity contribution >= 4 is 28.1 Å². The summed E-state index contributed by atoms with van der Waals surface area (Å²) in [5, 5.41) is 3.03. The highest BCUT2D eigenvalue weighted by Gasteiger charge is 2.22. The van der Waals surface area contributed by atoms with Gasteiger partial charge in [-0.15, -0.1) is 11.3 Å². The molecule has 0 unspecified atom stereocenters. The van der Waals surface area contributed by atoms with Crippen molar-refractivity contribution in [2.45, 2.75) is 12.8 Å². The largest absolute Gasteiger partial charge is 0.399 e. The van der Waals surface area contributed by atoms with Crippen molar-refractivity contribution in [2.75, 3.05) is 36.8 Å². The van der Waals surface area contributed by atoms with Gasteiger partial charge in [0.15, 0.2) is 5.13 Å². The zero-order valence-electron chi connectivity index (χ0n) is 12.4. The van der Waals surface area contributed by atoms with Gasteiger partial charge in [-0.1, -0.05) is 18.2 Å². The van der Waals surface area contributed by atoms with Gasteiger partial charge in [0.1, 0.15) is 0 Å². The van der Waals surface area contributed by atoms with E-state index in [1.165, 1.54) is 0 Å². The Morgan fingerprint density at radius 3 is 2.68 bits per heavy atom. The van der Waals surface area contributed by atoms with Crippen LogP contribution in [-0.4, -0.2) is 42.0 Å². The van der Waals surface area contributed by atoms with Gasteiger partial charge >= 0.3 is 0 Å². The molecule has 5 nitrogen and oxygen atoms in total. The minimum atomic E-state index is 0.210. The lowest BCUT2D eigenvalue weighted by atomic mass is 10.1. The van der Waals surface area contributed by atoms with Crippen molar-refractivity contribution in [3.05, 3.63) is 41.4 Å². The first-order chi connectivity index (χ1) is 10.7. The zero-order chi connectivity index (χ0) is 15.4. The monoisotopic (exact) mass is 316 g/mol. The average Bonchev–Trinajstić information content (AvgIpc) is 3.08. The quantitative estimate of drug-likeness (QED) is 0.877. The van der Waals surface area contributed by atoms with Gasteiger partial charge in [-0.2, -0.15) is 0 Å². The molecule has 1 aliphatic heterocycles. The van der Waals surface area contributed by atoms with Gasteiger partial charge in [0.05, 0.1) is 0 Å². The summed E-state index contributed by atoms with van der Waals surface area (Å²) in [5.74, 6) is 0.210. The Morgan fingerprint density at radius 1 is 1.23 bits per heavy atom. The molecule has 0 saturated carbocycles. The van der Waals surface area contributed by atoms with Gasteiger partial charge in [-0.05, 0) is 18.1 Å². The molecule has 116 valence electrons. The summed E-state index contributed by atoms with van der Waals surface area (Å²) in [5.41, 5.74) is 7.74. The van der Waals surface area contributed by atoms with Crippen molar-refractivity contribution in [2.24, 2.45) is 0 Å². The number of thiazole rings is 1. The van der Waals surface area contributed by atoms with E-state index in [1.807, 2.05) is 40.7 Å². The highest BCUT2D eigenvalue weighted by molar-refractivity contribution is 7.13. The molecule has 1 aliphatic rings. The number of benzene rings is 1. The van der Waals surface area contributed by atoms with Crippen LogP contribution in [0.5, 0.6) is 0 Å². The molecule has 0 atom stereocenters. The van der Waals surface area contributed by atoms with Gasteiger partial charge in [0, 0.05) is 49.9 Å². The maximum absolute atomic E-state index is 12.3. The molecule has 0 aliphatic carbocycles. The number of nitrogens with two attached hydrogens (primary N) is 1. The van der Waals surface area contributed by atoms with Gasteiger partial charge in [-0.25, -0.2) is 4.98 Å². The van der Waals surface area contributed by atoms with Crippen LogP contribution in [0.25, 0.3) is 0 Å². The van der Waals surface area contributed by atoms with Crippen LogP contribution in [0.15, 0.2) is 35.8 Å². The highest BCUT2D eigenvalue weighted by atomic mass is 32.1. The predicted octanol–water partition coefficient (Wildman–Crippen LogP) is 2.01. The first-order valence-electron chi connectivity index (χ1n) is 7.49. The second-order valence-corrected chi connectivity index (χ2v) is 6.25. The van der Waals surface area contributed by atoms with Crippen molar-refractivity contribution in [1.29, 1.82) is 0 Å². The second kappa shape index (κ2) is 6.79. The number of hydrogen-bond acceptors (Lipinski definition) is 5. The SMILES string of the molecule is Nc1ccccc1CCC(=O)N1CCN(c2nccs2)CC1. The van der Waals surface area contributed by atoms with Gasteiger partial charge in [0.25, 0.3) is 0 Å². The Balaban J connectivity index is 1.49. The molecule has 2 aromatic rings. The fourth-order valence-electron chi connectivity index (χ4n) is 2.68. The molecule has 0 bridgehead atoms. The van der Waals surface area contributed by atoms with Crippen LogP contribution in [0, 0.1) is 0 Å². The van der Waals surface area contributed by atoms with Crippen molar-refractivity contribution in [3.63, 3.8) is 0 Å². The number of carbonyl (C=O) groups is 1. The number of para-hydroxylation sites is 1. The number of rotatable bonds is 4. The van der Waals surface area contributed by atoms with Crippen LogP contribution in [0.2, 0.25) is 0 Å². The predicted molar refractivity (Wildman–Crippen MR) is 90.1 cm³/mol. The molecule has 1 fully saturated rings. The standard InChI is InChI=1S/C16H20N4OS/c17-14-4-2-1-3-13(14)5-6-15(21)19-8-10-20(11-9-19)16-18-7-12-22-16/h1-4,7,12H,5-6,8-11,17H2. The summed E-state index contributed by atoms with van der Waals surface area (Å²) < 4.78 is 0. The Hall–Kier alpha value is -2.08. The topological polar surface area (TPSA) is 62.5 Å². The van der Waals surface area contributed by atoms with Crippen LogP contribution in [-0.2, 0) is 11.2 Å². The number of amides is 1. The molecular formula is C16H20N4OS. The molecule has 1 saturated heterocycles. The summed E-state index contributed by atoms with van der Waals surface area (Å²) >= 11 is 1.65. The Bertz CT molecular complexity index is 621. The molecule has 3 rings (SSSR count). The Labute approximate surface area is 134 Å². The minimum Gasteiger partial charge on any atom is -0.399 e. The summed E-state index contributed by atoms with van der Waals surface area (Å²) in [4.78, 5) is 20.8. The molecule has 0 radical (unpaired) electrons. The molecule has 1 aromatic carbocycles. The number of nitrogen functional groups attached to an aromatic ring is 1. The molecule has 22 heavy (non-hydrogen) atoms. The van der Waals surface area contributed by atoms with Crippen LogP contribution >= 0.6 is 11.3 Å². The highest BCUT2D eigenvalue weighted by Crippen LogP contribution is 2.19. The number of anilines is 2. The Kier molecular flexibility index (Phi) is 4.58. The van der Waals surface area contributed by atoms with Gasteiger partial charge in [-0.3, -0.25) is 4.79 Å². The van der Waals surface area contributed by atoms with Gasteiger partial charge < -0.3 is 15.5 Å². The number of nitrogens with zero attached hydrogens (tertiary/aromatic N) is 3. The van der Waals surface area contributed by atoms with Crippen LogP contribution in [0.3, 0.4) is 0 Å². The summed E-state index contributed by atoms with van der Waals surface area (Å²) in [7, 11) is 0. The molecule has 2 heterocycles. The Morgan fingerprint density at radius 2 is 2.00 bits per heavy atom. The zero-order valence-corrected chi connectivity index (χ0v) is 13.3. The molecule has 0 spiro atoms. The van der Waals surface area contributed by atoms with Crippen molar-refractivity contribution in [1.82, 2.24) is 9.88 Å². The lowest BCUT2D eigenvalue weighted by Gasteiger charge is -2.34. The number of aryl methyl sites for hydroxylation is 1. The molecule has 2 N–H and O–H groups in total. The van der Waals surface area contributed by atoms with Crippen LogP contribution < -0.4 is 10.6 Å². The van der Waals surface area contributed by atoms with E-state index in [1.54, 1.807) is 11.3 Å². The van der Waals surface area contributed by atoms with Crippen LogP contribution in [0.1, 0.15) is 12.0 Å². The second-order valence-electron chi connectivity index (χ2n) is 5.38. The number of hydrogen-bond donors (Lipinski definition) is 1. The molecule has 1 amide bonds. The maximum Gasteiger partial charge on any atom is 0.223 e. The molecule has 1 aromatic heterocycles. The average molecular weight is 316 g/mol. The van der Waals surface area contributed by atoms with E-state index in [0.717, 1.165) is 42.6 Å². The summed E-state index contributed by atoms with van der Waals surface area (Å²) in [6.45, 7) is 3.24. The third-order valence-corrected chi connectivity index (χ3v) is 4.82. The van der Waals surface area contributed by atoms with E-state index in [2.05, 4.69) is 9.88 Å². The summed E-state index contributed by atoms with van der Waals surface area (Å²) in [6, 6.07) is 7.75. The number of piperazine rings is 1. The smallest absolute Gasteiger partial charge is 0.223 e. The third-order valence-electron chi connectivity index (χ3n) is 3.99. The first-order valence-corrected chi connectivity index (χ1v) is 8.37.